The monoisotopic (exact) mass is 479 g/mol. The second-order valence-electron chi connectivity index (χ2n) is 9.28. The number of hydrogen-bond donors (Lipinski definition) is 3. The first-order valence-corrected chi connectivity index (χ1v) is 12.3. The van der Waals surface area contributed by atoms with E-state index in [4.69, 9.17) is 9.84 Å². The smallest absolute Gasteiger partial charge is 0.317 e. The fourth-order valence-electron chi connectivity index (χ4n) is 4.81. The van der Waals surface area contributed by atoms with Gasteiger partial charge in [-0.1, -0.05) is 30.3 Å². The van der Waals surface area contributed by atoms with Gasteiger partial charge in [0.25, 0.3) is 5.91 Å². The van der Waals surface area contributed by atoms with E-state index in [-0.39, 0.29) is 24.0 Å². The highest BCUT2D eigenvalue weighted by Gasteiger charge is 2.28. The summed E-state index contributed by atoms with van der Waals surface area (Å²) in [6.07, 6.45) is 3.65. The summed E-state index contributed by atoms with van der Waals surface area (Å²) in [7, 11) is 0. The average molecular weight is 480 g/mol. The minimum absolute atomic E-state index is 0.00691. The van der Waals surface area contributed by atoms with Crippen LogP contribution in [0.3, 0.4) is 0 Å². The van der Waals surface area contributed by atoms with Crippen LogP contribution in [0.1, 0.15) is 53.9 Å². The Morgan fingerprint density at radius 1 is 0.886 bits per heavy atom. The highest BCUT2D eigenvalue weighted by atomic mass is 16.5. The number of nitrogens with one attached hydrogen (secondary N) is 2. The molecule has 1 atom stereocenters. The fourth-order valence-corrected chi connectivity index (χ4v) is 4.81. The Hall–Kier alpha value is -3.55. The van der Waals surface area contributed by atoms with Crippen molar-refractivity contribution in [3.8, 4) is 5.75 Å². The molecule has 2 fully saturated rings. The summed E-state index contributed by atoms with van der Waals surface area (Å²) in [4.78, 5) is 37.8. The van der Waals surface area contributed by atoms with Crippen LogP contribution in [-0.2, 0) is 4.79 Å². The summed E-state index contributed by atoms with van der Waals surface area (Å²) in [5.41, 5.74) is 1.78. The van der Waals surface area contributed by atoms with Crippen molar-refractivity contribution in [1.29, 1.82) is 0 Å². The van der Waals surface area contributed by atoms with Gasteiger partial charge >= 0.3 is 12.0 Å². The van der Waals surface area contributed by atoms with E-state index < -0.39 is 5.97 Å². The molecule has 1 saturated heterocycles. The van der Waals surface area contributed by atoms with Gasteiger partial charge in [-0.25, -0.2) is 4.79 Å². The Morgan fingerprint density at radius 3 is 2.26 bits per heavy atom. The molecule has 1 heterocycles. The number of carbonyl (C=O) groups is 3. The van der Waals surface area contributed by atoms with Crippen LogP contribution in [0.4, 0.5) is 4.79 Å². The Morgan fingerprint density at radius 2 is 1.57 bits per heavy atom. The molecule has 8 heteroatoms. The number of likely N-dealkylation sites (tertiary alicyclic amines) is 1. The Labute approximate surface area is 205 Å². The lowest BCUT2D eigenvalue weighted by atomic mass is 9.87. The van der Waals surface area contributed by atoms with Crippen molar-refractivity contribution in [1.82, 2.24) is 15.5 Å². The highest BCUT2D eigenvalue weighted by Crippen LogP contribution is 2.28. The van der Waals surface area contributed by atoms with Crippen LogP contribution >= 0.6 is 0 Å². The molecular formula is C27H33N3O5. The zero-order valence-electron chi connectivity index (χ0n) is 19.8. The first-order chi connectivity index (χ1) is 17.0. The Bertz CT molecular complexity index is 1000. The average Bonchev–Trinajstić information content (AvgIpc) is 3.38. The maximum atomic E-state index is 12.4. The van der Waals surface area contributed by atoms with Gasteiger partial charge in [-0.05, 0) is 61.9 Å². The van der Waals surface area contributed by atoms with Crippen molar-refractivity contribution in [3.63, 3.8) is 0 Å². The van der Waals surface area contributed by atoms with E-state index in [1.165, 1.54) is 5.56 Å². The predicted molar refractivity (Wildman–Crippen MR) is 132 cm³/mol. The molecule has 8 nitrogen and oxygen atoms in total. The summed E-state index contributed by atoms with van der Waals surface area (Å²) in [6.45, 7) is 2.13. The molecule has 0 radical (unpaired) electrons. The molecule has 1 aliphatic carbocycles. The maximum Gasteiger partial charge on any atom is 0.317 e. The van der Waals surface area contributed by atoms with E-state index >= 15 is 0 Å². The third-order valence-corrected chi connectivity index (χ3v) is 6.88. The summed E-state index contributed by atoms with van der Waals surface area (Å²) in [6, 6.07) is 17.1. The molecule has 3 N–H and O–H groups in total. The molecule has 4 rings (SSSR count). The van der Waals surface area contributed by atoms with Gasteiger partial charge in [-0.2, -0.15) is 0 Å². The zero-order valence-corrected chi connectivity index (χ0v) is 19.8. The van der Waals surface area contributed by atoms with E-state index in [0.717, 1.165) is 25.8 Å². The quantitative estimate of drug-likeness (QED) is 0.501. The van der Waals surface area contributed by atoms with Gasteiger partial charge in [0.1, 0.15) is 5.75 Å². The third-order valence-electron chi connectivity index (χ3n) is 6.88. The first-order valence-electron chi connectivity index (χ1n) is 12.3. The van der Waals surface area contributed by atoms with E-state index in [1.807, 2.05) is 23.1 Å². The lowest BCUT2D eigenvalue weighted by Gasteiger charge is -2.26. The number of ether oxygens (including phenoxy) is 1. The summed E-state index contributed by atoms with van der Waals surface area (Å²) in [5.74, 6) is -0.170. The van der Waals surface area contributed by atoms with Crippen LogP contribution in [0.5, 0.6) is 5.75 Å². The second kappa shape index (κ2) is 11.7. The topological polar surface area (TPSA) is 108 Å². The molecule has 3 amide bonds. The molecule has 2 aromatic rings. The number of nitrogens with zero attached hydrogens (tertiary/aromatic N) is 1. The van der Waals surface area contributed by atoms with Gasteiger partial charge in [0.15, 0.2) is 0 Å². The van der Waals surface area contributed by atoms with Crippen LogP contribution in [0, 0.1) is 5.92 Å². The normalized spacial score (nSPS) is 21.8. The number of aliphatic carboxylic acids is 1. The number of carbonyl (C=O) groups excluding carboxylic acids is 2. The molecule has 35 heavy (non-hydrogen) atoms. The van der Waals surface area contributed by atoms with Crippen molar-refractivity contribution >= 4 is 17.9 Å². The molecular weight excluding hydrogens is 446 g/mol. The number of carboxylic acids is 1. The van der Waals surface area contributed by atoms with Crippen molar-refractivity contribution in [3.05, 3.63) is 65.7 Å². The summed E-state index contributed by atoms with van der Waals surface area (Å²) >= 11 is 0. The summed E-state index contributed by atoms with van der Waals surface area (Å²) < 4.78 is 5.95. The number of benzene rings is 2. The van der Waals surface area contributed by atoms with Crippen molar-refractivity contribution < 1.29 is 24.2 Å². The first kappa shape index (κ1) is 24.6. The van der Waals surface area contributed by atoms with Gasteiger partial charge in [0.2, 0.25) is 0 Å². The van der Waals surface area contributed by atoms with Crippen LogP contribution in [0.25, 0.3) is 0 Å². The van der Waals surface area contributed by atoms with Crippen LogP contribution in [-0.4, -0.2) is 60.2 Å². The zero-order chi connectivity index (χ0) is 24.6. The molecule has 0 bridgehead atoms. The second-order valence-corrected chi connectivity index (χ2v) is 9.28. The van der Waals surface area contributed by atoms with Crippen LogP contribution in [0.15, 0.2) is 54.6 Å². The van der Waals surface area contributed by atoms with Crippen molar-refractivity contribution in [2.75, 3.05) is 26.2 Å². The van der Waals surface area contributed by atoms with Gasteiger partial charge in [-0.3, -0.25) is 9.59 Å². The van der Waals surface area contributed by atoms with E-state index in [9.17, 15) is 14.4 Å². The SMILES string of the molecule is O=C(NCCNC(=O)N1CC[C@@H](c2ccccc2)C1)c1ccc(O[C@H]2CC[C@@H](C(=O)O)CC2)cc1. The molecule has 0 spiro atoms. The number of amides is 3. The van der Waals surface area contributed by atoms with Crippen LogP contribution in [0.2, 0.25) is 0 Å². The molecule has 0 aromatic heterocycles. The van der Waals surface area contributed by atoms with Gasteiger partial charge in [0, 0.05) is 37.7 Å². The summed E-state index contributed by atoms with van der Waals surface area (Å²) in [5, 5.41) is 14.8. The molecule has 1 saturated carbocycles. The Balaban J connectivity index is 1.14. The number of hydrogen-bond acceptors (Lipinski definition) is 4. The predicted octanol–water partition coefficient (Wildman–Crippen LogP) is 3.64. The van der Waals surface area contributed by atoms with Crippen LogP contribution < -0.4 is 15.4 Å². The fraction of sp³-hybridized carbons (Fsp3) is 0.444. The molecule has 1 aliphatic heterocycles. The van der Waals surface area contributed by atoms with E-state index in [1.54, 1.807) is 24.3 Å². The molecule has 186 valence electrons. The Kier molecular flexibility index (Phi) is 8.23. The molecule has 2 aromatic carbocycles. The number of carboxylic acid groups (broad SMARTS) is 1. The number of rotatable bonds is 8. The minimum Gasteiger partial charge on any atom is -0.490 e. The van der Waals surface area contributed by atoms with E-state index in [2.05, 4.69) is 22.8 Å². The minimum atomic E-state index is -0.730. The molecule has 0 unspecified atom stereocenters. The highest BCUT2D eigenvalue weighted by molar-refractivity contribution is 5.94. The van der Waals surface area contributed by atoms with E-state index in [0.29, 0.717) is 49.7 Å². The molecule has 2 aliphatic rings. The largest absolute Gasteiger partial charge is 0.490 e. The number of urea groups is 1. The van der Waals surface area contributed by atoms with Gasteiger partial charge < -0.3 is 25.4 Å². The lowest BCUT2D eigenvalue weighted by Crippen LogP contribution is -2.42. The standard InChI is InChI=1S/C27H33N3O5/c31-25(20-6-10-23(11-7-20)35-24-12-8-21(9-13-24)26(32)33)28-15-16-29-27(34)30-17-14-22(18-30)19-4-2-1-3-5-19/h1-7,10-11,21-22,24H,8-9,12-18H2,(H,28,31)(H,29,34)(H,32,33)/t21-,22-,24+/m1/s1. The maximum absolute atomic E-state index is 12.4. The third kappa shape index (κ3) is 6.74. The lowest BCUT2D eigenvalue weighted by molar-refractivity contribution is -0.143. The van der Waals surface area contributed by atoms with Crippen molar-refractivity contribution in [2.24, 2.45) is 5.92 Å². The van der Waals surface area contributed by atoms with Crippen molar-refractivity contribution in [2.45, 2.75) is 44.1 Å². The van der Waals surface area contributed by atoms with Gasteiger partial charge in [-0.15, -0.1) is 0 Å². The van der Waals surface area contributed by atoms with Gasteiger partial charge in [0.05, 0.1) is 12.0 Å².